The minimum atomic E-state index is -5.68. The topological polar surface area (TPSA) is 41.8 Å². The second-order valence-electron chi connectivity index (χ2n) is 3.88. The minimum Gasteiger partial charge on any atom is -0.361 e. The van der Waals surface area contributed by atoms with Gasteiger partial charge in [0.25, 0.3) is 0 Å². The van der Waals surface area contributed by atoms with E-state index in [0.717, 1.165) is 0 Å². The van der Waals surface area contributed by atoms with Gasteiger partial charge in [-0.15, -0.1) is 0 Å². The molecule has 2 rings (SSSR count). The van der Waals surface area contributed by atoms with Gasteiger partial charge in [0.1, 0.15) is 6.04 Å². The summed E-state index contributed by atoms with van der Waals surface area (Å²) < 4.78 is 63.1. The number of rotatable bonds is 2. The first-order chi connectivity index (χ1) is 8.25. The zero-order chi connectivity index (χ0) is 13.6. The Morgan fingerprint density at radius 2 is 1.72 bits per heavy atom. The number of hydrogen-bond acceptors (Lipinski definition) is 1. The number of fused-ring (bicyclic) bond motifs is 1. The molecule has 0 bridgehead atoms. The lowest BCUT2D eigenvalue weighted by atomic mass is 9.97. The maximum atomic E-state index is 13.2. The molecule has 18 heavy (non-hydrogen) atoms. The highest BCUT2D eigenvalue weighted by Crippen LogP contribution is 2.44. The number of benzene rings is 1. The highest BCUT2D eigenvalue weighted by atomic mass is 19.4. The van der Waals surface area contributed by atoms with E-state index >= 15 is 0 Å². The fourth-order valence-corrected chi connectivity index (χ4v) is 1.75. The van der Waals surface area contributed by atoms with Crippen LogP contribution in [0.25, 0.3) is 10.9 Å². The first kappa shape index (κ1) is 12.8. The van der Waals surface area contributed by atoms with Crippen LogP contribution in [0.3, 0.4) is 0 Å². The highest BCUT2D eigenvalue weighted by molar-refractivity contribution is 5.83. The quantitative estimate of drug-likeness (QED) is 0.802. The van der Waals surface area contributed by atoms with Crippen LogP contribution in [-0.4, -0.2) is 17.1 Å². The number of alkyl halides is 5. The predicted molar refractivity (Wildman–Crippen MR) is 56.2 cm³/mol. The Hall–Kier alpha value is -1.63. The van der Waals surface area contributed by atoms with Gasteiger partial charge >= 0.3 is 12.1 Å². The summed E-state index contributed by atoms with van der Waals surface area (Å²) in [5.74, 6) is -4.97. The molecule has 0 unspecified atom stereocenters. The van der Waals surface area contributed by atoms with E-state index in [-0.39, 0.29) is 10.9 Å². The molecule has 0 spiro atoms. The maximum Gasteiger partial charge on any atom is 0.455 e. The molecule has 0 aliphatic rings. The van der Waals surface area contributed by atoms with Gasteiger partial charge in [-0.25, -0.2) is 0 Å². The summed E-state index contributed by atoms with van der Waals surface area (Å²) >= 11 is 0. The average Bonchev–Trinajstić information content (AvgIpc) is 2.73. The van der Waals surface area contributed by atoms with Crippen molar-refractivity contribution in [3.63, 3.8) is 0 Å². The molecule has 3 N–H and O–H groups in total. The lowest BCUT2D eigenvalue weighted by molar-refractivity contribution is -0.290. The third-order valence-corrected chi connectivity index (χ3v) is 2.73. The summed E-state index contributed by atoms with van der Waals surface area (Å²) in [5.41, 5.74) is 5.32. The summed E-state index contributed by atoms with van der Waals surface area (Å²) in [6, 6.07) is 3.09. The number of nitrogens with two attached hydrogens (primary N) is 1. The monoisotopic (exact) mass is 264 g/mol. The third kappa shape index (κ3) is 1.84. The van der Waals surface area contributed by atoms with Crippen molar-refractivity contribution in [1.82, 2.24) is 4.98 Å². The molecule has 1 heterocycles. The van der Waals surface area contributed by atoms with Crippen LogP contribution in [0.1, 0.15) is 11.6 Å². The summed E-state index contributed by atoms with van der Waals surface area (Å²) in [7, 11) is 0. The molecular formula is C11H9F5N2. The van der Waals surface area contributed by atoms with Crippen molar-refractivity contribution in [2.24, 2.45) is 5.73 Å². The van der Waals surface area contributed by atoms with Crippen LogP contribution in [0, 0.1) is 0 Å². The maximum absolute atomic E-state index is 13.2. The molecule has 1 aromatic carbocycles. The molecular weight excluding hydrogens is 255 g/mol. The molecule has 0 saturated carbocycles. The molecule has 0 saturated heterocycles. The molecule has 0 amide bonds. The fraction of sp³-hybridized carbons (Fsp3) is 0.273. The Morgan fingerprint density at radius 1 is 1.06 bits per heavy atom. The van der Waals surface area contributed by atoms with E-state index in [1.54, 1.807) is 6.07 Å². The lowest BCUT2D eigenvalue weighted by Crippen LogP contribution is -2.45. The SMILES string of the molecule is N[C@@H](c1cccc2[nH]ccc12)C(F)(F)C(F)(F)F. The highest BCUT2D eigenvalue weighted by Gasteiger charge is 2.61. The van der Waals surface area contributed by atoms with E-state index in [1.807, 2.05) is 0 Å². The summed E-state index contributed by atoms with van der Waals surface area (Å²) in [5, 5.41) is 0.258. The molecule has 0 aliphatic heterocycles. The Labute approximate surface area is 98.6 Å². The number of aromatic nitrogens is 1. The van der Waals surface area contributed by atoms with Gasteiger partial charge in [0.2, 0.25) is 0 Å². The number of aromatic amines is 1. The second-order valence-corrected chi connectivity index (χ2v) is 3.88. The molecule has 0 radical (unpaired) electrons. The van der Waals surface area contributed by atoms with E-state index in [1.165, 1.54) is 24.4 Å². The standard InChI is InChI=1S/C11H9F5N2/c12-10(13,11(14,15)16)9(17)7-2-1-3-8-6(7)4-5-18-8/h1-5,9,18H,17H2/t9-/m0/s1. The Balaban J connectivity index is 2.52. The molecule has 1 atom stereocenters. The van der Waals surface area contributed by atoms with Gasteiger partial charge in [-0.3, -0.25) is 0 Å². The van der Waals surface area contributed by atoms with Crippen molar-refractivity contribution in [1.29, 1.82) is 0 Å². The lowest BCUT2D eigenvalue weighted by Gasteiger charge is -2.26. The zero-order valence-corrected chi connectivity index (χ0v) is 8.93. The van der Waals surface area contributed by atoms with Gasteiger partial charge in [0.15, 0.2) is 0 Å². The molecule has 0 aliphatic carbocycles. The Morgan fingerprint density at radius 3 is 2.33 bits per heavy atom. The summed E-state index contributed by atoms with van der Waals surface area (Å²) in [6.45, 7) is 0. The van der Waals surface area contributed by atoms with Crippen molar-refractivity contribution in [3.8, 4) is 0 Å². The molecule has 1 aromatic heterocycles. The number of halogens is 5. The van der Waals surface area contributed by atoms with E-state index in [9.17, 15) is 22.0 Å². The Bertz CT molecular complexity index is 558. The van der Waals surface area contributed by atoms with E-state index in [0.29, 0.717) is 5.52 Å². The smallest absolute Gasteiger partial charge is 0.361 e. The Kier molecular flexibility index (Phi) is 2.81. The van der Waals surface area contributed by atoms with E-state index < -0.39 is 18.1 Å². The summed E-state index contributed by atoms with van der Waals surface area (Å²) in [4.78, 5) is 2.72. The molecule has 7 heteroatoms. The van der Waals surface area contributed by atoms with Crippen LogP contribution in [0.5, 0.6) is 0 Å². The average molecular weight is 264 g/mol. The number of hydrogen-bond donors (Lipinski definition) is 2. The van der Waals surface area contributed by atoms with Crippen molar-refractivity contribution < 1.29 is 22.0 Å². The van der Waals surface area contributed by atoms with Crippen molar-refractivity contribution in [2.75, 3.05) is 0 Å². The van der Waals surface area contributed by atoms with Crippen LogP contribution in [0.15, 0.2) is 30.5 Å². The third-order valence-electron chi connectivity index (χ3n) is 2.73. The van der Waals surface area contributed by atoms with Crippen LogP contribution in [0.4, 0.5) is 22.0 Å². The number of H-pyrrole nitrogens is 1. The van der Waals surface area contributed by atoms with Crippen LogP contribution < -0.4 is 5.73 Å². The van der Waals surface area contributed by atoms with Gasteiger partial charge in [-0.2, -0.15) is 22.0 Å². The molecule has 0 fully saturated rings. The van der Waals surface area contributed by atoms with Crippen molar-refractivity contribution in [3.05, 3.63) is 36.0 Å². The minimum absolute atomic E-state index is 0.240. The van der Waals surface area contributed by atoms with Gasteiger partial charge in [0, 0.05) is 17.1 Å². The van der Waals surface area contributed by atoms with Gasteiger partial charge in [-0.1, -0.05) is 12.1 Å². The van der Waals surface area contributed by atoms with E-state index in [4.69, 9.17) is 5.73 Å². The first-order valence-electron chi connectivity index (χ1n) is 5.01. The van der Waals surface area contributed by atoms with Gasteiger partial charge < -0.3 is 10.7 Å². The second kappa shape index (κ2) is 3.94. The molecule has 2 nitrogen and oxygen atoms in total. The predicted octanol–water partition coefficient (Wildman–Crippen LogP) is 3.37. The van der Waals surface area contributed by atoms with Gasteiger partial charge in [-0.05, 0) is 17.7 Å². The van der Waals surface area contributed by atoms with E-state index in [2.05, 4.69) is 4.98 Å². The van der Waals surface area contributed by atoms with Crippen LogP contribution in [-0.2, 0) is 0 Å². The van der Waals surface area contributed by atoms with Crippen LogP contribution in [0.2, 0.25) is 0 Å². The molecule has 98 valence electrons. The summed E-state index contributed by atoms with van der Waals surface area (Å²) in [6.07, 6.45) is -4.22. The normalized spacial score (nSPS) is 15.0. The molecule has 2 aromatic rings. The van der Waals surface area contributed by atoms with Gasteiger partial charge in [0.05, 0.1) is 0 Å². The van der Waals surface area contributed by atoms with Crippen molar-refractivity contribution >= 4 is 10.9 Å². The number of nitrogens with one attached hydrogen (secondary N) is 1. The largest absolute Gasteiger partial charge is 0.455 e. The first-order valence-corrected chi connectivity index (χ1v) is 5.01. The van der Waals surface area contributed by atoms with Crippen LogP contribution >= 0.6 is 0 Å². The zero-order valence-electron chi connectivity index (χ0n) is 8.93. The fourth-order valence-electron chi connectivity index (χ4n) is 1.75. The van der Waals surface area contributed by atoms with Crippen molar-refractivity contribution in [2.45, 2.75) is 18.1 Å².